The second kappa shape index (κ2) is 5.37. The molecule has 0 radical (unpaired) electrons. The zero-order chi connectivity index (χ0) is 13.3. The van der Waals surface area contributed by atoms with E-state index >= 15 is 0 Å². The van der Waals surface area contributed by atoms with Gasteiger partial charge in [0.15, 0.2) is 0 Å². The minimum atomic E-state index is -0.428. The van der Waals surface area contributed by atoms with Crippen molar-refractivity contribution < 1.29 is 8.78 Å². The summed E-state index contributed by atoms with van der Waals surface area (Å²) in [4.78, 5) is 0. The second-order valence-electron chi connectivity index (χ2n) is 4.04. The molecule has 0 bridgehead atoms. The number of aryl methyl sites for hydroxylation is 1. The summed E-state index contributed by atoms with van der Waals surface area (Å²) in [6.07, 6.45) is 0. The molecule has 1 unspecified atom stereocenters. The maximum atomic E-state index is 13.2. The van der Waals surface area contributed by atoms with Gasteiger partial charge >= 0.3 is 0 Å². The Labute approximate surface area is 118 Å². The van der Waals surface area contributed by atoms with Gasteiger partial charge in [-0.05, 0) is 63.8 Å². The van der Waals surface area contributed by atoms with E-state index in [1.807, 2.05) is 0 Å². The Bertz CT molecular complexity index is 584. The van der Waals surface area contributed by atoms with Gasteiger partial charge in [0, 0.05) is 0 Å². The molecule has 0 saturated carbocycles. The fraction of sp³-hybridized carbons (Fsp3) is 0.143. The van der Waals surface area contributed by atoms with Gasteiger partial charge in [0.05, 0.1) is 9.85 Å². The van der Waals surface area contributed by atoms with Crippen molar-refractivity contribution in [2.75, 3.05) is 0 Å². The van der Waals surface area contributed by atoms with E-state index in [-0.39, 0.29) is 11.6 Å². The molecule has 0 N–H and O–H groups in total. The van der Waals surface area contributed by atoms with Gasteiger partial charge in [-0.1, -0.05) is 12.1 Å². The Balaban J connectivity index is 2.41. The molecule has 0 amide bonds. The molecule has 18 heavy (non-hydrogen) atoms. The standard InChI is InChI=1S/C14H10BrClF2/c1-8-6-10(17)3-4-11(8)14(16)9-2-5-13(18)12(15)7-9/h2-7,14H,1H3. The largest absolute Gasteiger partial charge is 0.207 e. The summed E-state index contributed by atoms with van der Waals surface area (Å²) in [5.41, 5.74) is 2.35. The monoisotopic (exact) mass is 330 g/mol. The molecule has 94 valence electrons. The van der Waals surface area contributed by atoms with Crippen LogP contribution in [0.4, 0.5) is 8.78 Å². The lowest BCUT2D eigenvalue weighted by Gasteiger charge is -2.13. The molecule has 4 heteroatoms. The van der Waals surface area contributed by atoms with Crippen molar-refractivity contribution in [3.8, 4) is 0 Å². The van der Waals surface area contributed by atoms with Crippen LogP contribution >= 0.6 is 27.5 Å². The fourth-order valence-corrected chi connectivity index (χ4v) is 2.55. The van der Waals surface area contributed by atoms with Gasteiger partial charge in [-0.25, -0.2) is 8.78 Å². The van der Waals surface area contributed by atoms with Gasteiger partial charge in [0.1, 0.15) is 11.6 Å². The molecule has 2 aromatic rings. The van der Waals surface area contributed by atoms with Crippen LogP contribution in [-0.4, -0.2) is 0 Å². The maximum absolute atomic E-state index is 13.2. The summed E-state index contributed by atoms with van der Waals surface area (Å²) in [6, 6.07) is 9.07. The van der Waals surface area contributed by atoms with Crippen LogP contribution < -0.4 is 0 Å². The van der Waals surface area contributed by atoms with Crippen LogP contribution in [0.3, 0.4) is 0 Å². The van der Waals surface area contributed by atoms with E-state index in [1.165, 1.54) is 18.2 Å². The van der Waals surface area contributed by atoms with Crippen LogP contribution in [0.5, 0.6) is 0 Å². The van der Waals surface area contributed by atoms with Crippen LogP contribution in [0, 0.1) is 18.6 Å². The van der Waals surface area contributed by atoms with E-state index in [2.05, 4.69) is 15.9 Å². The fourth-order valence-electron chi connectivity index (χ4n) is 1.77. The van der Waals surface area contributed by atoms with Crippen LogP contribution in [0.1, 0.15) is 22.1 Å². The van der Waals surface area contributed by atoms with E-state index in [0.717, 1.165) is 16.7 Å². The van der Waals surface area contributed by atoms with Crippen LogP contribution in [0.2, 0.25) is 0 Å². The molecular weight excluding hydrogens is 322 g/mol. The van der Waals surface area contributed by atoms with E-state index in [1.54, 1.807) is 25.1 Å². The maximum Gasteiger partial charge on any atom is 0.137 e. The van der Waals surface area contributed by atoms with Crippen molar-refractivity contribution >= 4 is 27.5 Å². The number of hydrogen-bond acceptors (Lipinski definition) is 0. The normalized spacial score (nSPS) is 12.5. The number of halogens is 4. The zero-order valence-corrected chi connectivity index (χ0v) is 11.9. The van der Waals surface area contributed by atoms with Crippen LogP contribution in [0.25, 0.3) is 0 Å². The van der Waals surface area contributed by atoms with Crippen molar-refractivity contribution in [3.63, 3.8) is 0 Å². The van der Waals surface area contributed by atoms with Crippen molar-refractivity contribution in [2.24, 2.45) is 0 Å². The van der Waals surface area contributed by atoms with Gasteiger partial charge < -0.3 is 0 Å². The Morgan fingerprint density at radius 3 is 2.44 bits per heavy atom. The first-order valence-electron chi connectivity index (χ1n) is 5.34. The average Bonchev–Trinajstić information content (AvgIpc) is 2.32. The Morgan fingerprint density at radius 1 is 1.11 bits per heavy atom. The predicted molar refractivity (Wildman–Crippen MR) is 72.9 cm³/mol. The third-order valence-corrected chi connectivity index (χ3v) is 3.84. The van der Waals surface area contributed by atoms with Crippen LogP contribution in [0.15, 0.2) is 40.9 Å². The van der Waals surface area contributed by atoms with Crippen LogP contribution in [-0.2, 0) is 0 Å². The van der Waals surface area contributed by atoms with Gasteiger partial charge in [-0.3, -0.25) is 0 Å². The molecule has 0 nitrogen and oxygen atoms in total. The first kappa shape index (κ1) is 13.5. The topological polar surface area (TPSA) is 0 Å². The van der Waals surface area contributed by atoms with Crippen molar-refractivity contribution in [2.45, 2.75) is 12.3 Å². The van der Waals surface area contributed by atoms with Crippen molar-refractivity contribution in [1.29, 1.82) is 0 Å². The summed E-state index contributed by atoms with van der Waals surface area (Å²) in [6.45, 7) is 1.80. The van der Waals surface area contributed by atoms with Crippen molar-refractivity contribution in [1.82, 2.24) is 0 Å². The molecule has 0 heterocycles. The lowest BCUT2D eigenvalue weighted by Crippen LogP contribution is -1.97. The predicted octanol–water partition coefficient (Wildman–Crippen LogP) is 5.36. The highest BCUT2D eigenvalue weighted by Crippen LogP contribution is 2.33. The highest BCUT2D eigenvalue weighted by Gasteiger charge is 2.15. The minimum absolute atomic E-state index is 0.291. The lowest BCUT2D eigenvalue weighted by atomic mass is 10.00. The number of benzene rings is 2. The molecule has 0 spiro atoms. The molecule has 0 aliphatic rings. The van der Waals surface area contributed by atoms with E-state index < -0.39 is 5.38 Å². The Kier molecular flexibility index (Phi) is 4.03. The summed E-state index contributed by atoms with van der Waals surface area (Å²) >= 11 is 9.47. The first-order chi connectivity index (χ1) is 8.49. The Hall–Kier alpha value is -0.930. The number of hydrogen-bond donors (Lipinski definition) is 0. The molecule has 0 aliphatic carbocycles. The SMILES string of the molecule is Cc1cc(F)ccc1C(Cl)c1ccc(F)c(Br)c1. The zero-order valence-electron chi connectivity index (χ0n) is 9.55. The van der Waals surface area contributed by atoms with Gasteiger partial charge in [-0.15, -0.1) is 11.6 Å². The van der Waals surface area contributed by atoms with Gasteiger partial charge in [0.25, 0.3) is 0 Å². The lowest BCUT2D eigenvalue weighted by molar-refractivity contribution is 0.620. The minimum Gasteiger partial charge on any atom is -0.207 e. The van der Waals surface area contributed by atoms with Crippen molar-refractivity contribution in [3.05, 3.63) is 69.2 Å². The van der Waals surface area contributed by atoms with E-state index in [4.69, 9.17) is 11.6 Å². The molecule has 2 aromatic carbocycles. The average molecular weight is 332 g/mol. The van der Waals surface area contributed by atoms with Gasteiger partial charge in [0.2, 0.25) is 0 Å². The molecule has 1 atom stereocenters. The van der Waals surface area contributed by atoms with E-state index in [9.17, 15) is 8.78 Å². The third-order valence-electron chi connectivity index (χ3n) is 2.74. The molecule has 2 rings (SSSR count). The third kappa shape index (κ3) is 2.73. The highest BCUT2D eigenvalue weighted by molar-refractivity contribution is 9.10. The summed E-state index contributed by atoms with van der Waals surface area (Å²) < 4.78 is 26.6. The summed E-state index contributed by atoms with van der Waals surface area (Å²) in [5.74, 6) is -0.626. The molecule has 0 aromatic heterocycles. The molecular formula is C14H10BrClF2. The summed E-state index contributed by atoms with van der Waals surface area (Å²) in [7, 11) is 0. The smallest absolute Gasteiger partial charge is 0.137 e. The molecule has 0 aliphatic heterocycles. The number of alkyl halides is 1. The molecule has 0 saturated heterocycles. The molecule has 0 fully saturated rings. The van der Waals surface area contributed by atoms with E-state index in [0.29, 0.717) is 4.47 Å². The first-order valence-corrected chi connectivity index (χ1v) is 6.57. The number of rotatable bonds is 2. The van der Waals surface area contributed by atoms with Gasteiger partial charge in [-0.2, -0.15) is 0 Å². The summed E-state index contributed by atoms with van der Waals surface area (Å²) in [5, 5.41) is -0.428. The Morgan fingerprint density at radius 2 is 1.83 bits per heavy atom. The second-order valence-corrected chi connectivity index (χ2v) is 5.33. The highest BCUT2D eigenvalue weighted by atomic mass is 79.9. The quantitative estimate of drug-likeness (QED) is 0.650.